The van der Waals surface area contributed by atoms with Gasteiger partial charge in [0.2, 0.25) is 5.91 Å². The molecule has 1 aliphatic rings. The molecule has 0 aromatic heterocycles. The normalized spacial score (nSPS) is 17.9. The average Bonchev–Trinajstić information content (AvgIpc) is 2.51. The van der Waals surface area contributed by atoms with Gasteiger partial charge in [-0.1, -0.05) is 20.3 Å². The second-order valence-electron chi connectivity index (χ2n) is 6.27. The van der Waals surface area contributed by atoms with Crippen molar-refractivity contribution in [3.8, 4) is 0 Å². The first kappa shape index (κ1) is 16.5. The molecule has 2 rings (SSSR count). The first-order valence-corrected chi connectivity index (χ1v) is 7.77. The lowest BCUT2D eigenvalue weighted by Crippen LogP contribution is -2.45. The fraction of sp³-hybridized carbons (Fsp3) is 0.529. The smallest absolute Gasteiger partial charge is 0.251 e. The molecule has 0 saturated carbocycles. The number of aryl methyl sites for hydroxylation is 1. The highest BCUT2D eigenvalue weighted by Crippen LogP contribution is 2.24. The molecule has 0 saturated heterocycles. The van der Waals surface area contributed by atoms with Gasteiger partial charge in [0.25, 0.3) is 5.91 Å². The van der Waals surface area contributed by atoms with E-state index in [1.165, 1.54) is 0 Å². The molecule has 2 unspecified atom stereocenters. The number of nitrogens with one attached hydrogen (secondary N) is 2. The quantitative estimate of drug-likeness (QED) is 0.779. The van der Waals surface area contributed by atoms with E-state index in [-0.39, 0.29) is 24.3 Å². The van der Waals surface area contributed by atoms with Crippen LogP contribution in [0.4, 0.5) is 5.69 Å². The Bertz CT molecular complexity index is 581. The van der Waals surface area contributed by atoms with Crippen LogP contribution in [0.1, 0.15) is 49.5 Å². The van der Waals surface area contributed by atoms with Crippen molar-refractivity contribution in [3.05, 3.63) is 29.3 Å². The van der Waals surface area contributed by atoms with Gasteiger partial charge in [0.1, 0.15) is 0 Å². The first-order chi connectivity index (χ1) is 10.3. The van der Waals surface area contributed by atoms with Crippen molar-refractivity contribution in [2.75, 3.05) is 11.9 Å². The minimum Gasteiger partial charge on any atom is -0.388 e. The summed E-state index contributed by atoms with van der Waals surface area (Å²) >= 11 is 0. The van der Waals surface area contributed by atoms with Crippen LogP contribution in [-0.2, 0) is 11.2 Å². The van der Waals surface area contributed by atoms with Crippen molar-refractivity contribution in [1.29, 1.82) is 0 Å². The van der Waals surface area contributed by atoms with Gasteiger partial charge in [-0.05, 0) is 43.0 Å². The number of carbonyl (C=O) groups excluding carboxylic acids is 2. The van der Waals surface area contributed by atoms with Crippen molar-refractivity contribution in [2.24, 2.45) is 5.92 Å². The summed E-state index contributed by atoms with van der Waals surface area (Å²) in [7, 11) is 0. The first-order valence-electron chi connectivity index (χ1n) is 7.77. The number of amides is 2. The molecule has 5 nitrogen and oxygen atoms in total. The molecule has 0 bridgehead atoms. The molecule has 0 radical (unpaired) electrons. The van der Waals surface area contributed by atoms with Gasteiger partial charge < -0.3 is 15.7 Å². The maximum absolute atomic E-state index is 12.2. The van der Waals surface area contributed by atoms with Gasteiger partial charge in [-0.3, -0.25) is 9.59 Å². The van der Waals surface area contributed by atoms with E-state index in [1.54, 1.807) is 19.1 Å². The molecular formula is C17H24N2O3. The molecule has 5 heteroatoms. The fourth-order valence-electron chi connectivity index (χ4n) is 2.50. The monoisotopic (exact) mass is 304 g/mol. The third-order valence-corrected chi connectivity index (χ3v) is 4.54. The summed E-state index contributed by atoms with van der Waals surface area (Å²) in [5.41, 5.74) is 1.38. The summed E-state index contributed by atoms with van der Waals surface area (Å²) in [6.45, 7) is 5.94. The molecule has 0 aliphatic carbocycles. The van der Waals surface area contributed by atoms with Gasteiger partial charge in [-0.15, -0.1) is 0 Å². The van der Waals surface area contributed by atoms with Crippen LogP contribution >= 0.6 is 0 Å². The van der Waals surface area contributed by atoms with Gasteiger partial charge in [-0.25, -0.2) is 0 Å². The molecule has 1 heterocycles. The van der Waals surface area contributed by atoms with Crippen LogP contribution < -0.4 is 10.6 Å². The van der Waals surface area contributed by atoms with Crippen molar-refractivity contribution in [1.82, 2.24) is 5.32 Å². The zero-order valence-electron chi connectivity index (χ0n) is 13.4. The van der Waals surface area contributed by atoms with Crippen molar-refractivity contribution in [2.45, 2.75) is 45.6 Å². The van der Waals surface area contributed by atoms with Crippen LogP contribution in [0.2, 0.25) is 0 Å². The zero-order chi connectivity index (χ0) is 16.3. The molecular weight excluding hydrogens is 280 g/mol. The van der Waals surface area contributed by atoms with E-state index in [0.29, 0.717) is 18.4 Å². The lowest BCUT2D eigenvalue weighted by Gasteiger charge is -2.29. The van der Waals surface area contributed by atoms with Crippen LogP contribution in [0.5, 0.6) is 0 Å². The lowest BCUT2D eigenvalue weighted by atomic mass is 9.88. The third-order valence-electron chi connectivity index (χ3n) is 4.54. The Morgan fingerprint density at radius 1 is 1.45 bits per heavy atom. The molecule has 0 spiro atoms. The van der Waals surface area contributed by atoms with E-state index in [0.717, 1.165) is 17.7 Å². The average molecular weight is 304 g/mol. The predicted molar refractivity (Wildman–Crippen MR) is 85.8 cm³/mol. The van der Waals surface area contributed by atoms with Gasteiger partial charge in [-0.2, -0.15) is 0 Å². The van der Waals surface area contributed by atoms with Crippen LogP contribution in [0.25, 0.3) is 0 Å². The van der Waals surface area contributed by atoms with Crippen LogP contribution in [0.3, 0.4) is 0 Å². The Labute approximate surface area is 131 Å². The maximum atomic E-state index is 12.2. The number of carbonyl (C=O) groups is 2. The summed E-state index contributed by atoms with van der Waals surface area (Å²) in [5, 5.41) is 15.9. The van der Waals surface area contributed by atoms with E-state index < -0.39 is 5.60 Å². The summed E-state index contributed by atoms with van der Waals surface area (Å²) in [5.74, 6) is -0.0934. The number of hydrogen-bond acceptors (Lipinski definition) is 3. The molecule has 1 aromatic carbocycles. The van der Waals surface area contributed by atoms with Gasteiger partial charge in [0.05, 0.1) is 5.60 Å². The summed E-state index contributed by atoms with van der Waals surface area (Å²) in [4.78, 5) is 23.6. The summed E-state index contributed by atoms with van der Waals surface area (Å²) in [6, 6.07) is 5.26. The Balaban J connectivity index is 2.03. The minimum absolute atomic E-state index is 0.00861. The minimum atomic E-state index is -0.924. The Hall–Kier alpha value is -1.88. The Morgan fingerprint density at radius 3 is 2.86 bits per heavy atom. The van der Waals surface area contributed by atoms with E-state index in [2.05, 4.69) is 10.6 Å². The number of hydrogen-bond donors (Lipinski definition) is 3. The number of benzene rings is 1. The van der Waals surface area contributed by atoms with E-state index >= 15 is 0 Å². The van der Waals surface area contributed by atoms with Gasteiger partial charge >= 0.3 is 0 Å². The zero-order valence-corrected chi connectivity index (χ0v) is 13.4. The molecule has 2 atom stereocenters. The maximum Gasteiger partial charge on any atom is 0.251 e. The van der Waals surface area contributed by atoms with Crippen LogP contribution in [0.15, 0.2) is 18.2 Å². The van der Waals surface area contributed by atoms with Crippen molar-refractivity contribution < 1.29 is 14.7 Å². The molecule has 120 valence electrons. The predicted octanol–water partition coefficient (Wildman–Crippen LogP) is 2.10. The molecule has 0 fully saturated rings. The second kappa shape index (κ2) is 6.48. The third kappa shape index (κ3) is 3.65. The van der Waals surface area contributed by atoms with Gasteiger partial charge in [0.15, 0.2) is 0 Å². The number of fused-ring (bicyclic) bond motifs is 1. The highest BCUT2D eigenvalue weighted by Gasteiger charge is 2.27. The molecule has 2 amide bonds. The lowest BCUT2D eigenvalue weighted by molar-refractivity contribution is -0.116. The van der Waals surface area contributed by atoms with Crippen molar-refractivity contribution >= 4 is 17.5 Å². The van der Waals surface area contributed by atoms with E-state index in [4.69, 9.17) is 0 Å². The van der Waals surface area contributed by atoms with Gasteiger partial charge in [0, 0.05) is 24.2 Å². The number of rotatable bonds is 5. The largest absolute Gasteiger partial charge is 0.388 e. The highest BCUT2D eigenvalue weighted by atomic mass is 16.3. The van der Waals surface area contributed by atoms with Crippen molar-refractivity contribution in [3.63, 3.8) is 0 Å². The molecule has 1 aromatic rings. The topological polar surface area (TPSA) is 78.4 Å². The summed E-state index contributed by atoms with van der Waals surface area (Å²) in [6.07, 6.45) is 1.94. The summed E-state index contributed by atoms with van der Waals surface area (Å²) < 4.78 is 0. The van der Waals surface area contributed by atoms with Crippen LogP contribution in [-0.4, -0.2) is 29.1 Å². The van der Waals surface area contributed by atoms with E-state index in [1.807, 2.05) is 19.9 Å². The molecule has 3 N–H and O–H groups in total. The van der Waals surface area contributed by atoms with E-state index in [9.17, 15) is 14.7 Å². The molecule has 1 aliphatic heterocycles. The fourth-order valence-corrected chi connectivity index (χ4v) is 2.50. The second-order valence-corrected chi connectivity index (χ2v) is 6.27. The number of anilines is 1. The molecule has 22 heavy (non-hydrogen) atoms. The Morgan fingerprint density at radius 2 is 2.18 bits per heavy atom. The Kier molecular flexibility index (Phi) is 4.86. The SMILES string of the molecule is CCC(C)C(C)(O)CNC(=O)c1ccc2c(c1)CCC(=O)N2. The van der Waals surface area contributed by atoms with Crippen LogP contribution in [0, 0.1) is 5.92 Å². The number of aliphatic hydroxyl groups is 1. The highest BCUT2D eigenvalue weighted by molar-refractivity contribution is 5.97. The standard InChI is InChI=1S/C17H24N2O3/c1-4-11(2)17(3,22)10-18-16(21)13-5-7-14-12(9-13)6-8-15(20)19-14/h5,7,9,11,22H,4,6,8,10H2,1-3H3,(H,18,21)(H,19,20).